The van der Waals surface area contributed by atoms with Crippen LogP contribution in [0.15, 0.2) is 58.8 Å². The number of nitrogens with zero attached hydrogens (tertiary/aromatic N) is 2. The molecule has 0 aliphatic heterocycles. The van der Waals surface area contributed by atoms with Crippen LogP contribution in [0.5, 0.6) is 5.75 Å². The first-order valence-electron chi connectivity index (χ1n) is 5.59. The SMILES string of the molecule is COC(=O)c1ccccc1N=Nc1ccc(O)cc1. The number of hydrogen-bond acceptors (Lipinski definition) is 5. The van der Waals surface area contributed by atoms with Crippen molar-refractivity contribution in [3.8, 4) is 5.75 Å². The summed E-state index contributed by atoms with van der Waals surface area (Å²) in [5.74, 6) is -0.297. The third-order valence-electron chi connectivity index (χ3n) is 2.43. The number of hydrogen-bond donors (Lipinski definition) is 1. The predicted molar refractivity (Wildman–Crippen MR) is 70.1 cm³/mol. The minimum Gasteiger partial charge on any atom is -0.508 e. The van der Waals surface area contributed by atoms with Crippen LogP contribution in [-0.2, 0) is 4.74 Å². The zero-order valence-corrected chi connectivity index (χ0v) is 10.3. The minimum atomic E-state index is -0.458. The summed E-state index contributed by atoms with van der Waals surface area (Å²) in [6.45, 7) is 0. The number of phenols is 1. The lowest BCUT2D eigenvalue weighted by Crippen LogP contribution is -2.00. The fraction of sp³-hybridized carbons (Fsp3) is 0.0714. The Morgan fingerprint density at radius 1 is 1.05 bits per heavy atom. The normalized spacial score (nSPS) is 10.6. The number of ether oxygens (including phenoxy) is 1. The second kappa shape index (κ2) is 5.77. The lowest BCUT2D eigenvalue weighted by Gasteiger charge is -2.01. The van der Waals surface area contributed by atoms with Gasteiger partial charge in [0.25, 0.3) is 0 Å². The number of azo groups is 1. The molecule has 0 saturated heterocycles. The van der Waals surface area contributed by atoms with Crippen molar-refractivity contribution < 1.29 is 14.6 Å². The molecule has 5 heteroatoms. The number of methoxy groups -OCH3 is 1. The Balaban J connectivity index is 2.28. The van der Waals surface area contributed by atoms with Crippen molar-refractivity contribution in [3.05, 3.63) is 54.1 Å². The van der Waals surface area contributed by atoms with Crippen molar-refractivity contribution in [2.24, 2.45) is 10.2 Å². The number of phenolic OH excluding ortho intramolecular Hbond substituents is 1. The molecular weight excluding hydrogens is 244 g/mol. The highest BCUT2D eigenvalue weighted by atomic mass is 16.5. The van der Waals surface area contributed by atoms with E-state index >= 15 is 0 Å². The summed E-state index contributed by atoms with van der Waals surface area (Å²) in [5.41, 5.74) is 1.37. The summed E-state index contributed by atoms with van der Waals surface area (Å²) in [4.78, 5) is 11.5. The zero-order chi connectivity index (χ0) is 13.7. The first-order chi connectivity index (χ1) is 9.20. The fourth-order valence-electron chi connectivity index (χ4n) is 1.47. The highest BCUT2D eigenvalue weighted by molar-refractivity contribution is 5.94. The van der Waals surface area contributed by atoms with Crippen LogP contribution < -0.4 is 0 Å². The Bertz CT molecular complexity index is 606. The van der Waals surface area contributed by atoms with Crippen LogP contribution in [0, 0.1) is 0 Å². The Morgan fingerprint density at radius 2 is 1.74 bits per heavy atom. The van der Waals surface area contributed by atoms with Gasteiger partial charge in [0.2, 0.25) is 0 Å². The second-order valence-corrected chi connectivity index (χ2v) is 3.73. The van der Waals surface area contributed by atoms with Gasteiger partial charge < -0.3 is 9.84 Å². The molecule has 5 nitrogen and oxygen atoms in total. The average molecular weight is 256 g/mol. The zero-order valence-electron chi connectivity index (χ0n) is 10.3. The number of esters is 1. The fourth-order valence-corrected chi connectivity index (χ4v) is 1.47. The molecule has 0 aromatic heterocycles. The van der Waals surface area contributed by atoms with Crippen molar-refractivity contribution in [2.75, 3.05) is 7.11 Å². The lowest BCUT2D eigenvalue weighted by atomic mass is 10.2. The molecule has 0 atom stereocenters. The van der Waals surface area contributed by atoms with E-state index in [1.807, 2.05) is 0 Å². The highest BCUT2D eigenvalue weighted by Crippen LogP contribution is 2.23. The van der Waals surface area contributed by atoms with Gasteiger partial charge in [0.05, 0.1) is 18.4 Å². The van der Waals surface area contributed by atoms with Crippen LogP contribution in [0.25, 0.3) is 0 Å². The summed E-state index contributed by atoms with van der Waals surface area (Å²) in [5, 5.41) is 17.2. The van der Waals surface area contributed by atoms with Crippen LogP contribution in [0.3, 0.4) is 0 Å². The van der Waals surface area contributed by atoms with Crippen LogP contribution in [0.1, 0.15) is 10.4 Å². The monoisotopic (exact) mass is 256 g/mol. The van der Waals surface area contributed by atoms with Gasteiger partial charge in [-0.1, -0.05) is 12.1 Å². The van der Waals surface area contributed by atoms with Gasteiger partial charge in [0.15, 0.2) is 0 Å². The maximum atomic E-state index is 11.5. The first kappa shape index (κ1) is 12.8. The van der Waals surface area contributed by atoms with E-state index in [1.165, 1.54) is 19.2 Å². The van der Waals surface area contributed by atoms with Gasteiger partial charge in [-0.2, -0.15) is 5.11 Å². The molecule has 1 N–H and O–H groups in total. The topological polar surface area (TPSA) is 71.2 Å². The largest absolute Gasteiger partial charge is 0.508 e. The summed E-state index contributed by atoms with van der Waals surface area (Å²) in [6.07, 6.45) is 0. The number of carbonyl (C=O) groups is 1. The molecule has 0 bridgehead atoms. The molecule has 0 aliphatic rings. The lowest BCUT2D eigenvalue weighted by molar-refractivity contribution is 0.0601. The van der Waals surface area contributed by atoms with Crippen molar-refractivity contribution in [3.63, 3.8) is 0 Å². The Hall–Kier alpha value is -2.69. The Labute approximate surface area is 110 Å². The van der Waals surface area contributed by atoms with Crippen LogP contribution in [0.4, 0.5) is 11.4 Å². The number of rotatable bonds is 3. The molecule has 0 unspecified atom stereocenters. The molecule has 0 heterocycles. The van der Waals surface area contributed by atoms with Gasteiger partial charge in [-0.05, 0) is 36.4 Å². The maximum Gasteiger partial charge on any atom is 0.340 e. The van der Waals surface area contributed by atoms with Gasteiger partial charge in [-0.3, -0.25) is 0 Å². The van der Waals surface area contributed by atoms with E-state index in [0.717, 1.165) is 0 Å². The molecule has 0 saturated carbocycles. The third kappa shape index (κ3) is 3.16. The van der Waals surface area contributed by atoms with Gasteiger partial charge in [0.1, 0.15) is 11.4 Å². The molecular formula is C14H12N2O3. The molecule has 0 amide bonds. The highest BCUT2D eigenvalue weighted by Gasteiger charge is 2.10. The van der Waals surface area contributed by atoms with Gasteiger partial charge in [0, 0.05) is 0 Å². The molecule has 2 rings (SSSR count). The van der Waals surface area contributed by atoms with E-state index in [0.29, 0.717) is 16.9 Å². The summed E-state index contributed by atoms with van der Waals surface area (Å²) >= 11 is 0. The first-order valence-corrected chi connectivity index (χ1v) is 5.59. The molecule has 0 aliphatic carbocycles. The van der Waals surface area contributed by atoms with Crippen LogP contribution >= 0.6 is 0 Å². The van der Waals surface area contributed by atoms with Crippen molar-refractivity contribution in [1.82, 2.24) is 0 Å². The molecule has 19 heavy (non-hydrogen) atoms. The third-order valence-corrected chi connectivity index (χ3v) is 2.43. The molecule has 0 radical (unpaired) electrons. The number of carbonyl (C=O) groups excluding carboxylic acids is 1. The summed E-state index contributed by atoms with van der Waals surface area (Å²) < 4.78 is 4.67. The van der Waals surface area contributed by atoms with E-state index < -0.39 is 5.97 Å². The summed E-state index contributed by atoms with van der Waals surface area (Å²) in [6, 6.07) is 13.1. The molecule has 0 spiro atoms. The second-order valence-electron chi connectivity index (χ2n) is 3.73. The van der Waals surface area contributed by atoms with E-state index in [4.69, 9.17) is 5.11 Å². The molecule has 2 aromatic rings. The minimum absolute atomic E-state index is 0.161. The number of benzene rings is 2. The van der Waals surface area contributed by atoms with Gasteiger partial charge in [-0.25, -0.2) is 4.79 Å². The van der Waals surface area contributed by atoms with Crippen LogP contribution in [-0.4, -0.2) is 18.2 Å². The quantitative estimate of drug-likeness (QED) is 0.673. The number of aromatic hydroxyl groups is 1. The smallest absolute Gasteiger partial charge is 0.340 e. The molecule has 96 valence electrons. The van der Waals surface area contributed by atoms with E-state index in [2.05, 4.69) is 15.0 Å². The molecule has 2 aromatic carbocycles. The Morgan fingerprint density at radius 3 is 2.42 bits per heavy atom. The van der Waals surface area contributed by atoms with Crippen LogP contribution in [0.2, 0.25) is 0 Å². The average Bonchev–Trinajstić information content (AvgIpc) is 2.46. The summed E-state index contributed by atoms with van der Waals surface area (Å²) in [7, 11) is 1.32. The van der Waals surface area contributed by atoms with Crippen molar-refractivity contribution in [1.29, 1.82) is 0 Å². The maximum absolute atomic E-state index is 11.5. The van der Waals surface area contributed by atoms with Crippen molar-refractivity contribution in [2.45, 2.75) is 0 Å². The van der Waals surface area contributed by atoms with E-state index in [9.17, 15) is 4.79 Å². The van der Waals surface area contributed by atoms with Gasteiger partial charge in [-0.15, -0.1) is 5.11 Å². The van der Waals surface area contributed by atoms with E-state index in [1.54, 1.807) is 36.4 Å². The van der Waals surface area contributed by atoms with Crippen molar-refractivity contribution >= 4 is 17.3 Å². The Kier molecular flexibility index (Phi) is 3.87. The predicted octanol–water partition coefficient (Wildman–Crippen LogP) is 3.59. The molecule has 0 fully saturated rings. The van der Waals surface area contributed by atoms with E-state index in [-0.39, 0.29) is 5.75 Å². The standard InChI is InChI=1S/C14H12N2O3/c1-19-14(18)12-4-2-3-5-13(12)16-15-10-6-8-11(17)9-7-10/h2-9,17H,1H3. The van der Waals surface area contributed by atoms with Gasteiger partial charge >= 0.3 is 5.97 Å².